The van der Waals surface area contributed by atoms with Crippen LogP contribution in [0.3, 0.4) is 0 Å². The van der Waals surface area contributed by atoms with Crippen LogP contribution in [-0.2, 0) is 6.61 Å². The summed E-state index contributed by atoms with van der Waals surface area (Å²) in [5, 5.41) is 10.3. The highest BCUT2D eigenvalue weighted by molar-refractivity contribution is 5.91. The quantitative estimate of drug-likeness (QED) is 0.811. The average Bonchev–Trinajstić information content (AvgIpc) is 2.37. The Balaban J connectivity index is 2.63. The highest BCUT2D eigenvalue weighted by Crippen LogP contribution is 2.25. The van der Waals surface area contributed by atoms with Crippen LogP contribution in [0.4, 0.5) is 5.69 Å². The van der Waals surface area contributed by atoms with Gasteiger partial charge in [-0.1, -0.05) is 24.1 Å². The molecule has 1 N–H and O–H groups in total. The van der Waals surface area contributed by atoms with Gasteiger partial charge in [0.25, 0.3) is 0 Å². The third kappa shape index (κ3) is 2.22. The van der Waals surface area contributed by atoms with Crippen molar-refractivity contribution in [2.45, 2.75) is 6.61 Å². The molecular weight excluding hydrogens is 212 g/mol. The number of rotatable bonds is 3. The molecule has 0 saturated carbocycles. The van der Waals surface area contributed by atoms with Crippen molar-refractivity contribution in [3.63, 3.8) is 0 Å². The van der Waals surface area contributed by atoms with E-state index in [1.54, 1.807) is 0 Å². The molecule has 3 heteroatoms. The SMILES string of the molecule is C#CCN(C)c1cc(CO)nc2ccccc12. The van der Waals surface area contributed by atoms with Crippen LogP contribution in [0.15, 0.2) is 30.3 Å². The molecule has 0 aliphatic heterocycles. The van der Waals surface area contributed by atoms with Crippen LogP contribution in [-0.4, -0.2) is 23.7 Å². The molecule has 1 aromatic carbocycles. The van der Waals surface area contributed by atoms with E-state index in [1.807, 2.05) is 42.3 Å². The van der Waals surface area contributed by atoms with E-state index in [4.69, 9.17) is 6.42 Å². The number of pyridine rings is 1. The minimum Gasteiger partial charge on any atom is -0.390 e. The molecule has 0 saturated heterocycles. The Bertz CT molecular complexity index is 572. The minimum absolute atomic E-state index is 0.0677. The first kappa shape index (κ1) is 11.4. The zero-order valence-corrected chi connectivity index (χ0v) is 9.72. The molecule has 17 heavy (non-hydrogen) atoms. The molecule has 0 unspecified atom stereocenters. The van der Waals surface area contributed by atoms with Gasteiger partial charge in [0.05, 0.1) is 24.4 Å². The van der Waals surface area contributed by atoms with Gasteiger partial charge in [-0.3, -0.25) is 4.98 Å². The van der Waals surface area contributed by atoms with Crippen molar-refractivity contribution < 1.29 is 5.11 Å². The number of aliphatic hydroxyl groups is 1. The smallest absolute Gasteiger partial charge is 0.0854 e. The summed E-state index contributed by atoms with van der Waals surface area (Å²) in [6.07, 6.45) is 5.32. The predicted octanol–water partition coefficient (Wildman–Crippen LogP) is 1.80. The predicted molar refractivity (Wildman–Crippen MR) is 69.8 cm³/mol. The highest BCUT2D eigenvalue weighted by atomic mass is 16.3. The van der Waals surface area contributed by atoms with Crippen LogP contribution in [0.2, 0.25) is 0 Å². The molecule has 0 amide bonds. The molecule has 86 valence electrons. The maximum Gasteiger partial charge on any atom is 0.0854 e. The zero-order valence-electron chi connectivity index (χ0n) is 9.72. The number of aliphatic hydroxyl groups excluding tert-OH is 1. The monoisotopic (exact) mass is 226 g/mol. The van der Waals surface area contributed by atoms with Crippen molar-refractivity contribution in [1.29, 1.82) is 0 Å². The number of terminal acetylenes is 1. The number of para-hydroxylation sites is 1. The summed E-state index contributed by atoms with van der Waals surface area (Å²) in [6, 6.07) is 9.71. The summed E-state index contributed by atoms with van der Waals surface area (Å²) >= 11 is 0. The number of hydrogen-bond acceptors (Lipinski definition) is 3. The second-order valence-electron chi connectivity index (χ2n) is 3.87. The maximum absolute atomic E-state index is 9.21. The molecule has 2 aromatic rings. The van der Waals surface area contributed by atoms with Gasteiger partial charge in [0.15, 0.2) is 0 Å². The van der Waals surface area contributed by atoms with Gasteiger partial charge in [0, 0.05) is 18.1 Å². The van der Waals surface area contributed by atoms with E-state index in [-0.39, 0.29) is 6.61 Å². The first-order valence-corrected chi connectivity index (χ1v) is 5.40. The summed E-state index contributed by atoms with van der Waals surface area (Å²) in [5.41, 5.74) is 2.53. The Morgan fingerprint density at radius 2 is 2.18 bits per heavy atom. The van der Waals surface area contributed by atoms with Crippen molar-refractivity contribution in [2.75, 3.05) is 18.5 Å². The lowest BCUT2D eigenvalue weighted by Crippen LogP contribution is -2.17. The van der Waals surface area contributed by atoms with Gasteiger partial charge in [-0.2, -0.15) is 0 Å². The fourth-order valence-electron chi connectivity index (χ4n) is 1.83. The van der Waals surface area contributed by atoms with Crippen LogP contribution >= 0.6 is 0 Å². The molecule has 3 nitrogen and oxygen atoms in total. The first-order valence-electron chi connectivity index (χ1n) is 5.40. The number of anilines is 1. The van der Waals surface area contributed by atoms with Gasteiger partial charge in [-0.15, -0.1) is 6.42 Å². The Morgan fingerprint density at radius 1 is 1.41 bits per heavy atom. The van der Waals surface area contributed by atoms with Crippen molar-refractivity contribution in [1.82, 2.24) is 4.98 Å². The Hall–Kier alpha value is -2.05. The van der Waals surface area contributed by atoms with Crippen molar-refractivity contribution in [2.24, 2.45) is 0 Å². The molecule has 0 radical (unpaired) electrons. The van der Waals surface area contributed by atoms with Gasteiger partial charge in [0.2, 0.25) is 0 Å². The minimum atomic E-state index is -0.0677. The normalized spacial score (nSPS) is 10.2. The lowest BCUT2D eigenvalue weighted by atomic mass is 10.1. The molecule has 0 aliphatic carbocycles. The third-order valence-corrected chi connectivity index (χ3v) is 2.65. The first-order chi connectivity index (χ1) is 8.26. The summed E-state index contributed by atoms with van der Waals surface area (Å²) in [7, 11) is 1.93. The number of benzene rings is 1. The van der Waals surface area contributed by atoms with Crippen LogP contribution in [0.25, 0.3) is 10.9 Å². The van der Waals surface area contributed by atoms with Crippen molar-refractivity contribution in [3.05, 3.63) is 36.0 Å². The fourth-order valence-corrected chi connectivity index (χ4v) is 1.83. The lowest BCUT2D eigenvalue weighted by molar-refractivity contribution is 0.277. The molecule has 1 aromatic heterocycles. The maximum atomic E-state index is 9.21. The molecule has 0 aliphatic rings. The summed E-state index contributed by atoms with van der Waals surface area (Å²) in [4.78, 5) is 6.34. The van der Waals surface area contributed by atoms with Crippen molar-refractivity contribution in [3.8, 4) is 12.3 Å². The Kier molecular flexibility index (Phi) is 3.27. The summed E-state index contributed by atoms with van der Waals surface area (Å²) < 4.78 is 0. The fraction of sp³-hybridized carbons (Fsp3) is 0.214. The second kappa shape index (κ2) is 4.86. The van der Waals surface area contributed by atoms with E-state index in [0.717, 1.165) is 16.6 Å². The molecule has 0 atom stereocenters. The van der Waals surface area contributed by atoms with Gasteiger partial charge in [-0.05, 0) is 12.1 Å². The Morgan fingerprint density at radius 3 is 2.88 bits per heavy atom. The number of nitrogens with zero attached hydrogens (tertiary/aromatic N) is 2. The summed E-state index contributed by atoms with van der Waals surface area (Å²) in [5.74, 6) is 2.61. The number of aromatic nitrogens is 1. The number of hydrogen-bond donors (Lipinski definition) is 1. The van der Waals surface area contributed by atoms with Crippen LogP contribution in [0, 0.1) is 12.3 Å². The van der Waals surface area contributed by atoms with Crippen LogP contribution in [0.5, 0.6) is 0 Å². The molecule has 0 fully saturated rings. The van der Waals surface area contributed by atoms with E-state index >= 15 is 0 Å². The average molecular weight is 226 g/mol. The van der Waals surface area contributed by atoms with E-state index in [9.17, 15) is 5.11 Å². The molecule has 0 spiro atoms. The van der Waals surface area contributed by atoms with E-state index in [0.29, 0.717) is 12.2 Å². The van der Waals surface area contributed by atoms with E-state index < -0.39 is 0 Å². The van der Waals surface area contributed by atoms with Gasteiger partial charge >= 0.3 is 0 Å². The number of fused-ring (bicyclic) bond motifs is 1. The topological polar surface area (TPSA) is 36.4 Å². The van der Waals surface area contributed by atoms with Gasteiger partial charge in [0.1, 0.15) is 0 Å². The summed E-state index contributed by atoms with van der Waals surface area (Å²) in [6.45, 7) is 0.459. The second-order valence-corrected chi connectivity index (χ2v) is 3.87. The largest absolute Gasteiger partial charge is 0.390 e. The molecule has 0 bridgehead atoms. The van der Waals surface area contributed by atoms with E-state index in [1.165, 1.54) is 0 Å². The van der Waals surface area contributed by atoms with Gasteiger partial charge in [-0.25, -0.2) is 0 Å². The van der Waals surface area contributed by atoms with Crippen LogP contribution < -0.4 is 4.90 Å². The highest BCUT2D eigenvalue weighted by Gasteiger charge is 2.08. The standard InChI is InChI=1S/C14H14N2O/c1-3-8-16(2)14-9-11(10-17)15-13-7-5-4-6-12(13)14/h1,4-7,9,17H,8,10H2,2H3. The third-order valence-electron chi connectivity index (χ3n) is 2.65. The molecule has 1 heterocycles. The lowest BCUT2D eigenvalue weighted by Gasteiger charge is -2.19. The zero-order chi connectivity index (χ0) is 12.3. The van der Waals surface area contributed by atoms with Gasteiger partial charge < -0.3 is 10.0 Å². The van der Waals surface area contributed by atoms with Crippen molar-refractivity contribution >= 4 is 16.6 Å². The Labute approximate surface area is 101 Å². The van der Waals surface area contributed by atoms with E-state index in [2.05, 4.69) is 10.9 Å². The molecule has 2 rings (SSSR count). The molecular formula is C14H14N2O. The van der Waals surface area contributed by atoms with Crippen LogP contribution in [0.1, 0.15) is 5.69 Å².